The number of halogens is 1. The van der Waals surface area contributed by atoms with Gasteiger partial charge in [-0.1, -0.05) is 0 Å². The van der Waals surface area contributed by atoms with E-state index < -0.39 is 5.60 Å². The minimum atomic E-state index is -0.736. The summed E-state index contributed by atoms with van der Waals surface area (Å²) in [5, 5.41) is 9.77. The molecule has 0 saturated carbocycles. The first-order chi connectivity index (χ1) is 6.94. The smallest absolute Gasteiger partial charge is 0.146 e. The normalized spacial score (nSPS) is 11.5. The van der Waals surface area contributed by atoms with Crippen LogP contribution in [0.15, 0.2) is 17.0 Å². The highest BCUT2D eigenvalue weighted by Crippen LogP contribution is 2.23. The van der Waals surface area contributed by atoms with Crippen molar-refractivity contribution in [1.29, 1.82) is 0 Å². The van der Waals surface area contributed by atoms with E-state index in [1.165, 1.54) is 6.33 Å². The van der Waals surface area contributed by atoms with Gasteiger partial charge in [0.1, 0.15) is 12.1 Å². The number of nitrogens with zero attached hydrogens (tertiary/aromatic N) is 3. The maximum absolute atomic E-state index is 9.77. The molecule has 0 aromatic carbocycles. The van der Waals surface area contributed by atoms with Gasteiger partial charge in [0.05, 0.1) is 10.1 Å². The van der Waals surface area contributed by atoms with Gasteiger partial charge >= 0.3 is 0 Å². The molecule has 84 valence electrons. The second-order valence-corrected chi connectivity index (χ2v) is 4.88. The van der Waals surface area contributed by atoms with Crippen LogP contribution in [0, 0.1) is 0 Å². The van der Waals surface area contributed by atoms with E-state index in [9.17, 15) is 5.11 Å². The van der Waals surface area contributed by atoms with Crippen molar-refractivity contribution in [3.63, 3.8) is 0 Å². The molecule has 1 aromatic heterocycles. The van der Waals surface area contributed by atoms with E-state index in [1.54, 1.807) is 20.0 Å². The van der Waals surface area contributed by atoms with Crippen molar-refractivity contribution in [2.45, 2.75) is 26.4 Å². The van der Waals surface area contributed by atoms with Crippen molar-refractivity contribution in [3.8, 4) is 0 Å². The number of aromatic nitrogens is 2. The highest BCUT2D eigenvalue weighted by Gasteiger charge is 2.19. The Hall–Kier alpha value is -0.680. The van der Waals surface area contributed by atoms with Crippen LogP contribution in [-0.4, -0.2) is 33.8 Å². The van der Waals surface area contributed by atoms with E-state index in [-0.39, 0.29) is 0 Å². The van der Waals surface area contributed by atoms with E-state index in [0.29, 0.717) is 6.54 Å². The Labute approximate surface area is 98.5 Å². The lowest BCUT2D eigenvalue weighted by molar-refractivity contribution is 0.0874. The van der Waals surface area contributed by atoms with Gasteiger partial charge in [-0.3, -0.25) is 0 Å². The zero-order valence-corrected chi connectivity index (χ0v) is 10.8. The predicted molar refractivity (Wildman–Crippen MR) is 63.9 cm³/mol. The van der Waals surface area contributed by atoms with Crippen molar-refractivity contribution >= 4 is 21.7 Å². The van der Waals surface area contributed by atoms with Crippen LogP contribution < -0.4 is 4.90 Å². The quantitative estimate of drug-likeness (QED) is 0.910. The van der Waals surface area contributed by atoms with Crippen LogP contribution >= 0.6 is 15.9 Å². The SMILES string of the molecule is CCN(CC(C)(C)O)c1ncncc1Br. The number of anilines is 1. The van der Waals surface area contributed by atoms with Crippen LogP contribution in [0.1, 0.15) is 20.8 Å². The molecule has 15 heavy (non-hydrogen) atoms. The zero-order valence-electron chi connectivity index (χ0n) is 9.24. The number of likely N-dealkylation sites (N-methyl/N-ethyl adjacent to an activating group) is 1. The first-order valence-corrected chi connectivity index (χ1v) is 5.66. The maximum atomic E-state index is 9.77. The van der Waals surface area contributed by atoms with Crippen LogP contribution in [-0.2, 0) is 0 Å². The summed E-state index contributed by atoms with van der Waals surface area (Å²) in [4.78, 5) is 10.1. The summed E-state index contributed by atoms with van der Waals surface area (Å²) >= 11 is 3.40. The fourth-order valence-corrected chi connectivity index (χ4v) is 1.81. The minimum Gasteiger partial charge on any atom is -0.389 e. The van der Waals surface area contributed by atoms with Gasteiger partial charge in [0.15, 0.2) is 0 Å². The van der Waals surface area contributed by atoms with Gasteiger partial charge in [-0.2, -0.15) is 0 Å². The number of hydrogen-bond acceptors (Lipinski definition) is 4. The Morgan fingerprint density at radius 2 is 2.20 bits per heavy atom. The van der Waals surface area contributed by atoms with Gasteiger partial charge in [0.25, 0.3) is 0 Å². The van der Waals surface area contributed by atoms with E-state index in [4.69, 9.17) is 0 Å². The molecule has 0 spiro atoms. The van der Waals surface area contributed by atoms with E-state index in [1.807, 2.05) is 11.8 Å². The van der Waals surface area contributed by atoms with Crippen molar-refractivity contribution in [2.24, 2.45) is 0 Å². The molecular formula is C10H16BrN3O. The minimum absolute atomic E-state index is 0.541. The molecule has 0 amide bonds. The molecule has 0 atom stereocenters. The fourth-order valence-electron chi connectivity index (χ4n) is 1.34. The molecule has 0 unspecified atom stereocenters. The van der Waals surface area contributed by atoms with Gasteiger partial charge < -0.3 is 10.0 Å². The van der Waals surface area contributed by atoms with Gasteiger partial charge in [-0.15, -0.1) is 0 Å². The molecule has 0 aliphatic rings. The first-order valence-electron chi connectivity index (χ1n) is 4.87. The Bertz CT molecular complexity index is 325. The molecule has 0 radical (unpaired) electrons. The molecule has 0 fully saturated rings. The Kier molecular flexibility index (Phi) is 4.04. The van der Waals surface area contributed by atoms with Crippen molar-refractivity contribution in [3.05, 3.63) is 17.0 Å². The van der Waals surface area contributed by atoms with Crippen LogP contribution in [0.3, 0.4) is 0 Å². The summed E-state index contributed by atoms with van der Waals surface area (Å²) < 4.78 is 0.844. The first kappa shape index (κ1) is 12.4. The summed E-state index contributed by atoms with van der Waals surface area (Å²) in [5.41, 5.74) is -0.736. The Morgan fingerprint density at radius 1 is 1.53 bits per heavy atom. The molecule has 5 heteroatoms. The lowest BCUT2D eigenvalue weighted by atomic mass is 10.1. The summed E-state index contributed by atoms with van der Waals surface area (Å²) in [7, 11) is 0. The third kappa shape index (κ3) is 3.76. The third-order valence-corrected chi connectivity index (χ3v) is 2.47. The maximum Gasteiger partial charge on any atom is 0.146 e. The molecule has 0 saturated heterocycles. The number of hydrogen-bond donors (Lipinski definition) is 1. The average Bonchev–Trinajstić information content (AvgIpc) is 2.14. The van der Waals surface area contributed by atoms with Crippen LogP contribution in [0.5, 0.6) is 0 Å². The fraction of sp³-hybridized carbons (Fsp3) is 0.600. The number of rotatable bonds is 4. The molecule has 1 N–H and O–H groups in total. The van der Waals surface area contributed by atoms with Gasteiger partial charge in [0.2, 0.25) is 0 Å². The third-order valence-electron chi connectivity index (χ3n) is 1.91. The van der Waals surface area contributed by atoms with Crippen LogP contribution in [0.2, 0.25) is 0 Å². The van der Waals surface area contributed by atoms with E-state index in [2.05, 4.69) is 25.9 Å². The van der Waals surface area contributed by atoms with Crippen LogP contribution in [0.25, 0.3) is 0 Å². The lowest BCUT2D eigenvalue weighted by Crippen LogP contribution is -2.39. The van der Waals surface area contributed by atoms with Crippen molar-refractivity contribution < 1.29 is 5.11 Å². The second kappa shape index (κ2) is 4.90. The predicted octanol–water partition coefficient (Wildman–Crippen LogP) is 1.84. The Morgan fingerprint density at radius 3 is 2.67 bits per heavy atom. The Balaban J connectivity index is 2.88. The molecular weight excluding hydrogens is 258 g/mol. The lowest BCUT2D eigenvalue weighted by Gasteiger charge is -2.29. The topological polar surface area (TPSA) is 49.2 Å². The molecule has 1 rings (SSSR count). The second-order valence-electron chi connectivity index (χ2n) is 4.02. The summed E-state index contributed by atoms with van der Waals surface area (Å²) in [5.74, 6) is 0.814. The van der Waals surface area contributed by atoms with Crippen molar-refractivity contribution in [2.75, 3.05) is 18.0 Å². The highest BCUT2D eigenvalue weighted by atomic mass is 79.9. The summed E-state index contributed by atoms with van der Waals surface area (Å²) in [6.45, 7) is 6.93. The molecule has 0 aliphatic carbocycles. The number of aliphatic hydroxyl groups is 1. The van der Waals surface area contributed by atoms with E-state index in [0.717, 1.165) is 16.8 Å². The van der Waals surface area contributed by atoms with Crippen molar-refractivity contribution in [1.82, 2.24) is 9.97 Å². The summed E-state index contributed by atoms with van der Waals surface area (Å²) in [6.07, 6.45) is 3.21. The highest BCUT2D eigenvalue weighted by molar-refractivity contribution is 9.10. The molecule has 0 bridgehead atoms. The van der Waals surface area contributed by atoms with E-state index >= 15 is 0 Å². The molecule has 1 aromatic rings. The van der Waals surface area contributed by atoms with Crippen LogP contribution in [0.4, 0.5) is 5.82 Å². The summed E-state index contributed by atoms with van der Waals surface area (Å²) in [6, 6.07) is 0. The van der Waals surface area contributed by atoms with Gasteiger partial charge in [-0.25, -0.2) is 9.97 Å². The standard InChI is InChI=1S/C10H16BrN3O/c1-4-14(6-10(2,3)15)9-8(11)5-12-7-13-9/h5,7,15H,4,6H2,1-3H3. The largest absolute Gasteiger partial charge is 0.389 e. The molecule has 0 aliphatic heterocycles. The monoisotopic (exact) mass is 273 g/mol. The molecule has 1 heterocycles. The average molecular weight is 274 g/mol. The van der Waals surface area contributed by atoms with Gasteiger partial charge in [-0.05, 0) is 36.7 Å². The zero-order chi connectivity index (χ0) is 11.5. The van der Waals surface area contributed by atoms with Gasteiger partial charge in [0, 0.05) is 19.3 Å². The molecule has 4 nitrogen and oxygen atoms in total.